The summed E-state index contributed by atoms with van der Waals surface area (Å²) in [5.74, 6) is 0.461. The van der Waals surface area contributed by atoms with Crippen molar-refractivity contribution >= 4 is 11.6 Å². The number of nitriles is 1. The van der Waals surface area contributed by atoms with Crippen LogP contribution in [-0.2, 0) is 4.79 Å². The van der Waals surface area contributed by atoms with Gasteiger partial charge in [-0.3, -0.25) is 4.79 Å². The van der Waals surface area contributed by atoms with Crippen LogP contribution in [0.4, 0.5) is 5.69 Å². The fraction of sp³-hybridized carbons (Fsp3) is 0.143. The minimum absolute atomic E-state index is 0.476. The Bertz CT molecular complexity index is 601. The molecule has 4 heteroatoms. The second kappa shape index (κ2) is 5.56. The molecule has 1 rings (SSSR count). The number of benzene rings is 1. The molecule has 0 saturated carbocycles. The molecule has 1 aromatic rings. The lowest BCUT2D eigenvalue weighted by Gasteiger charge is -2.07. The summed E-state index contributed by atoms with van der Waals surface area (Å²) in [5, 5.41) is 20.5. The van der Waals surface area contributed by atoms with Crippen molar-refractivity contribution in [1.82, 2.24) is 0 Å². The van der Waals surface area contributed by atoms with Crippen molar-refractivity contribution in [2.24, 2.45) is 0 Å². The topological polar surface area (TPSA) is 73.1 Å². The van der Waals surface area contributed by atoms with E-state index in [1.54, 1.807) is 18.2 Å². The van der Waals surface area contributed by atoms with Gasteiger partial charge in [0.25, 0.3) is 5.91 Å². The minimum Gasteiger partial charge on any atom is -0.500 e. The number of allylic oxidation sites excluding steroid dienone is 1. The molecule has 4 nitrogen and oxygen atoms in total. The zero-order valence-corrected chi connectivity index (χ0v) is 10.1. The smallest absolute Gasteiger partial charge is 0.270 e. The van der Waals surface area contributed by atoms with Crippen LogP contribution in [-0.4, -0.2) is 11.0 Å². The zero-order chi connectivity index (χ0) is 13.7. The molecule has 0 aromatic heterocycles. The van der Waals surface area contributed by atoms with Gasteiger partial charge in [0.05, 0.1) is 0 Å². The van der Waals surface area contributed by atoms with Gasteiger partial charge in [-0.2, -0.15) is 5.26 Å². The normalized spacial score (nSPS) is 10.9. The van der Waals surface area contributed by atoms with Crippen LogP contribution in [0.15, 0.2) is 29.5 Å². The van der Waals surface area contributed by atoms with Gasteiger partial charge in [0.15, 0.2) is 11.3 Å². The SMILES string of the molecule is C#C/C(O)=C(\C#N)C(=O)Nc1ccc(C)c(C)c1. The molecule has 1 aromatic carbocycles. The Morgan fingerprint density at radius 2 is 2.06 bits per heavy atom. The first-order chi connectivity index (χ1) is 8.49. The first-order valence-electron chi connectivity index (χ1n) is 5.18. The lowest BCUT2D eigenvalue weighted by atomic mass is 10.1. The van der Waals surface area contributed by atoms with Gasteiger partial charge in [0.2, 0.25) is 0 Å². The summed E-state index contributed by atoms with van der Waals surface area (Å²) in [6, 6.07) is 6.91. The molecule has 0 aliphatic carbocycles. The van der Waals surface area contributed by atoms with E-state index in [0.29, 0.717) is 5.69 Å². The average Bonchev–Trinajstić information content (AvgIpc) is 2.34. The Balaban J connectivity index is 2.99. The van der Waals surface area contributed by atoms with Gasteiger partial charge in [-0.25, -0.2) is 0 Å². The fourth-order valence-electron chi connectivity index (χ4n) is 1.30. The first-order valence-corrected chi connectivity index (χ1v) is 5.18. The molecule has 90 valence electrons. The van der Waals surface area contributed by atoms with Gasteiger partial charge in [0.1, 0.15) is 6.07 Å². The summed E-state index contributed by atoms with van der Waals surface area (Å²) < 4.78 is 0. The largest absolute Gasteiger partial charge is 0.500 e. The summed E-state index contributed by atoms with van der Waals surface area (Å²) in [6.07, 6.45) is 4.93. The maximum Gasteiger partial charge on any atom is 0.270 e. The number of hydrogen-bond acceptors (Lipinski definition) is 3. The molecular formula is C14H12N2O2. The summed E-state index contributed by atoms with van der Waals surface area (Å²) in [7, 11) is 0. The van der Waals surface area contributed by atoms with Crippen molar-refractivity contribution in [2.75, 3.05) is 5.32 Å². The number of terminal acetylenes is 1. The molecule has 0 fully saturated rings. The third kappa shape index (κ3) is 2.90. The second-order valence-electron chi connectivity index (χ2n) is 3.73. The lowest BCUT2D eigenvalue weighted by Crippen LogP contribution is -2.15. The molecule has 0 atom stereocenters. The number of nitrogens with one attached hydrogen (secondary N) is 1. The van der Waals surface area contributed by atoms with Crippen molar-refractivity contribution in [3.63, 3.8) is 0 Å². The van der Waals surface area contributed by atoms with Crippen LogP contribution < -0.4 is 5.32 Å². The van der Waals surface area contributed by atoms with E-state index in [-0.39, 0.29) is 0 Å². The van der Waals surface area contributed by atoms with Gasteiger partial charge in [-0.1, -0.05) is 6.07 Å². The quantitative estimate of drug-likeness (QED) is 0.360. The molecule has 0 bridgehead atoms. The molecule has 0 radical (unpaired) electrons. The molecule has 2 N–H and O–H groups in total. The van der Waals surface area contributed by atoms with Gasteiger partial charge in [0, 0.05) is 5.69 Å². The minimum atomic E-state index is -0.726. The number of aliphatic hydroxyl groups excluding tert-OH is 1. The van der Waals surface area contributed by atoms with Crippen molar-refractivity contribution in [3.8, 4) is 18.4 Å². The average molecular weight is 240 g/mol. The number of nitrogens with zero attached hydrogens (tertiary/aromatic N) is 1. The number of anilines is 1. The van der Waals surface area contributed by atoms with Gasteiger partial charge in [-0.15, -0.1) is 6.42 Å². The van der Waals surface area contributed by atoms with Crippen LogP contribution >= 0.6 is 0 Å². The number of rotatable bonds is 2. The Labute approximate surface area is 106 Å². The van der Waals surface area contributed by atoms with E-state index in [0.717, 1.165) is 11.1 Å². The maximum absolute atomic E-state index is 11.7. The number of aliphatic hydroxyl groups is 1. The first kappa shape index (κ1) is 13.3. The van der Waals surface area contributed by atoms with E-state index < -0.39 is 17.2 Å². The van der Waals surface area contributed by atoms with Crippen molar-refractivity contribution in [2.45, 2.75) is 13.8 Å². The summed E-state index contributed by atoms with van der Waals surface area (Å²) in [6.45, 7) is 3.86. The van der Waals surface area contributed by atoms with Crippen LogP contribution in [0.1, 0.15) is 11.1 Å². The summed E-state index contributed by atoms with van der Waals surface area (Å²) >= 11 is 0. The molecule has 0 aliphatic rings. The highest BCUT2D eigenvalue weighted by Crippen LogP contribution is 2.15. The molecule has 0 spiro atoms. The predicted molar refractivity (Wildman–Crippen MR) is 68.6 cm³/mol. The molecule has 0 saturated heterocycles. The fourth-order valence-corrected chi connectivity index (χ4v) is 1.30. The van der Waals surface area contributed by atoms with E-state index in [2.05, 4.69) is 5.32 Å². The Hall–Kier alpha value is -2.72. The summed E-state index contributed by atoms with van der Waals surface area (Å²) in [5.41, 5.74) is 2.17. The summed E-state index contributed by atoms with van der Waals surface area (Å²) in [4.78, 5) is 11.7. The second-order valence-corrected chi connectivity index (χ2v) is 3.73. The van der Waals surface area contributed by atoms with Gasteiger partial charge < -0.3 is 10.4 Å². The molecular weight excluding hydrogens is 228 g/mol. The molecule has 0 heterocycles. The highest BCUT2D eigenvalue weighted by atomic mass is 16.3. The van der Waals surface area contributed by atoms with Crippen LogP contribution in [0.25, 0.3) is 0 Å². The van der Waals surface area contributed by atoms with E-state index in [4.69, 9.17) is 11.7 Å². The third-order valence-corrected chi connectivity index (χ3v) is 2.48. The van der Waals surface area contributed by atoms with E-state index in [1.807, 2.05) is 25.8 Å². The number of hydrogen-bond donors (Lipinski definition) is 2. The van der Waals surface area contributed by atoms with Crippen LogP contribution in [0.5, 0.6) is 0 Å². The third-order valence-electron chi connectivity index (χ3n) is 2.48. The van der Waals surface area contributed by atoms with E-state index in [1.165, 1.54) is 0 Å². The van der Waals surface area contributed by atoms with Crippen molar-refractivity contribution in [3.05, 3.63) is 40.7 Å². The Morgan fingerprint density at radius 1 is 1.39 bits per heavy atom. The number of carbonyl (C=O) groups excluding carboxylic acids is 1. The predicted octanol–water partition coefficient (Wildman–Crippen LogP) is 2.21. The monoisotopic (exact) mass is 240 g/mol. The van der Waals surface area contributed by atoms with Gasteiger partial charge >= 0.3 is 0 Å². The van der Waals surface area contributed by atoms with Crippen molar-refractivity contribution < 1.29 is 9.90 Å². The van der Waals surface area contributed by atoms with Crippen LogP contribution in [0, 0.1) is 37.5 Å². The van der Waals surface area contributed by atoms with E-state index >= 15 is 0 Å². The molecule has 18 heavy (non-hydrogen) atoms. The molecule has 0 aliphatic heterocycles. The Kier molecular flexibility index (Phi) is 4.12. The zero-order valence-electron chi connectivity index (χ0n) is 10.1. The lowest BCUT2D eigenvalue weighted by molar-refractivity contribution is -0.112. The van der Waals surface area contributed by atoms with Crippen LogP contribution in [0.2, 0.25) is 0 Å². The highest BCUT2D eigenvalue weighted by molar-refractivity contribution is 6.07. The number of amides is 1. The number of aryl methyl sites for hydroxylation is 2. The van der Waals surface area contributed by atoms with E-state index in [9.17, 15) is 9.90 Å². The number of carbonyl (C=O) groups is 1. The Morgan fingerprint density at radius 3 is 2.56 bits per heavy atom. The van der Waals surface area contributed by atoms with Gasteiger partial charge in [-0.05, 0) is 43.0 Å². The molecule has 0 unspecified atom stereocenters. The van der Waals surface area contributed by atoms with Crippen LogP contribution in [0.3, 0.4) is 0 Å². The highest BCUT2D eigenvalue weighted by Gasteiger charge is 2.14. The maximum atomic E-state index is 11.7. The standard InChI is InChI=1S/C14H12N2O2/c1-4-13(17)12(8-15)14(18)16-11-6-5-9(2)10(3)7-11/h1,5-7,17H,2-3H3,(H,16,18)/b13-12-. The molecule has 1 amide bonds. The van der Waals surface area contributed by atoms with Crippen molar-refractivity contribution in [1.29, 1.82) is 5.26 Å².